The van der Waals surface area contributed by atoms with E-state index in [1.54, 1.807) is 18.2 Å². The highest BCUT2D eigenvalue weighted by molar-refractivity contribution is 6.38. The number of aryl methyl sites for hydroxylation is 1. The van der Waals surface area contributed by atoms with E-state index >= 15 is 0 Å². The first-order chi connectivity index (χ1) is 17.7. The molecule has 1 amide bonds. The Bertz CT molecular complexity index is 1180. The van der Waals surface area contributed by atoms with Gasteiger partial charge in [0.25, 0.3) is 0 Å². The van der Waals surface area contributed by atoms with Crippen LogP contribution in [0.15, 0.2) is 72.8 Å². The van der Waals surface area contributed by atoms with Crippen LogP contribution in [0, 0.1) is 0 Å². The maximum atomic E-state index is 13.0. The van der Waals surface area contributed by atoms with Crippen LogP contribution in [0.3, 0.4) is 0 Å². The lowest BCUT2D eigenvalue weighted by atomic mass is 10.0. The number of nitrogens with zero attached hydrogens (tertiary/aromatic N) is 1. The number of esters is 1. The fourth-order valence-corrected chi connectivity index (χ4v) is 3.74. The Morgan fingerprint density at radius 2 is 1.59 bits per heavy atom. The lowest BCUT2D eigenvalue weighted by Crippen LogP contribution is -2.38. The Morgan fingerprint density at radius 1 is 0.919 bits per heavy atom. The molecule has 3 rings (SSSR count). The van der Waals surface area contributed by atoms with Crippen molar-refractivity contribution in [3.8, 4) is 22.6 Å². The SMILES string of the molecule is CCCOc1ccc(N(CCCc2ccccc2)C(=O)C(=O)OC)c(-c2ccc(OC(F)(F)F)cc2)c1. The highest BCUT2D eigenvalue weighted by Gasteiger charge is 2.31. The standard InChI is InChI=1S/C28H28F3NO5/c1-3-18-36-23-15-16-25(24(19-23)21-11-13-22(14-12-21)37-28(29,30)31)32(26(33)27(34)35-2)17-7-10-20-8-5-4-6-9-20/h4-6,8-9,11-16,19H,3,7,10,17-18H2,1-2H3. The first-order valence-corrected chi connectivity index (χ1v) is 11.8. The van der Waals surface area contributed by atoms with E-state index < -0.39 is 18.2 Å². The highest BCUT2D eigenvalue weighted by atomic mass is 19.4. The number of carbonyl (C=O) groups is 2. The van der Waals surface area contributed by atoms with Gasteiger partial charge in [-0.2, -0.15) is 0 Å². The van der Waals surface area contributed by atoms with Gasteiger partial charge in [0.1, 0.15) is 11.5 Å². The normalized spacial score (nSPS) is 11.1. The summed E-state index contributed by atoms with van der Waals surface area (Å²) < 4.78 is 52.3. The van der Waals surface area contributed by atoms with Gasteiger partial charge < -0.3 is 19.1 Å². The summed E-state index contributed by atoms with van der Waals surface area (Å²) in [5, 5.41) is 0. The molecule has 3 aromatic carbocycles. The monoisotopic (exact) mass is 515 g/mol. The molecule has 0 radical (unpaired) electrons. The molecule has 0 fully saturated rings. The summed E-state index contributed by atoms with van der Waals surface area (Å²) in [6.07, 6.45) is -2.82. The van der Waals surface area contributed by atoms with Crippen LogP contribution in [0.1, 0.15) is 25.3 Å². The largest absolute Gasteiger partial charge is 0.573 e. The molecular weight excluding hydrogens is 487 g/mol. The fourth-order valence-electron chi connectivity index (χ4n) is 3.74. The first-order valence-electron chi connectivity index (χ1n) is 11.8. The Labute approximate surface area is 213 Å². The molecule has 0 saturated heterocycles. The van der Waals surface area contributed by atoms with Gasteiger partial charge in [-0.05, 0) is 60.7 Å². The minimum absolute atomic E-state index is 0.209. The van der Waals surface area contributed by atoms with E-state index in [0.29, 0.717) is 42.0 Å². The topological polar surface area (TPSA) is 65.1 Å². The zero-order chi connectivity index (χ0) is 26.8. The van der Waals surface area contributed by atoms with Gasteiger partial charge in [0, 0.05) is 12.1 Å². The second kappa shape index (κ2) is 12.8. The summed E-state index contributed by atoms with van der Waals surface area (Å²) in [4.78, 5) is 26.6. The predicted octanol–water partition coefficient (Wildman–Crippen LogP) is 6.18. The van der Waals surface area contributed by atoms with E-state index in [-0.39, 0.29) is 12.3 Å². The Hall–Kier alpha value is -4.01. The highest BCUT2D eigenvalue weighted by Crippen LogP contribution is 2.36. The lowest BCUT2D eigenvalue weighted by molar-refractivity contribution is -0.274. The molecule has 37 heavy (non-hydrogen) atoms. The molecule has 196 valence electrons. The molecule has 0 saturated carbocycles. The first kappa shape index (κ1) is 27.6. The number of hydrogen-bond donors (Lipinski definition) is 0. The number of amides is 1. The molecule has 0 unspecified atom stereocenters. The molecule has 0 aromatic heterocycles. The number of hydrogen-bond acceptors (Lipinski definition) is 5. The fraction of sp³-hybridized carbons (Fsp3) is 0.286. The summed E-state index contributed by atoms with van der Waals surface area (Å²) >= 11 is 0. The number of anilines is 1. The number of alkyl halides is 3. The summed E-state index contributed by atoms with van der Waals surface area (Å²) in [7, 11) is 1.13. The van der Waals surface area contributed by atoms with Crippen molar-refractivity contribution in [2.75, 3.05) is 25.2 Å². The number of carbonyl (C=O) groups excluding carboxylic acids is 2. The van der Waals surface area contributed by atoms with E-state index in [1.807, 2.05) is 37.3 Å². The zero-order valence-electron chi connectivity index (χ0n) is 20.6. The molecule has 0 N–H and O–H groups in total. The van der Waals surface area contributed by atoms with Crippen LogP contribution in [0.25, 0.3) is 11.1 Å². The van der Waals surface area contributed by atoms with E-state index in [2.05, 4.69) is 9.47 Å². The van der Waals surface area contributed by atoms with Gasteiger partial charge in [0.15, 0.2) is 0 Å². The van der Waals surface area contributed by atoms with Crippen LogP contribution in [0.4, 0.5) is 18.9 Å². The van der Waals surface area contributed by atoms with Crippen molar-refractivity contribution >= 4 is 17.6 Å². The quantitative estimate of drug-likeness (QED) is 0.238. The molecule has 0 aliphatic carbocycles. The summed E-state index contributed by atoms with van der Waals surface area (Å²) in [6, 6.07) is 20.0. The molecule has 0 bridgehead atoms. The van der Waals surface area contributed by atoms with Gasteiger partial charge in [-0.15, -0.1) is 13.2 Å². The van der Waals surface area contributed by atoms with Gasteiger partial charge in [-0.25, -0.2) is 4.79 Å². The number of methoxy groups -OCH3 is 1. The Balaban J connectivity index is 1.99. The average Bonchev–Trinajstić information content (AvgIpc) is 2.89. The van der Waals surface area contributed by atoms with Crippen molar-refractivity contribution in [3.63, 3.8) is 0 Å². The minimum atomic E-state index is -4.82. The molecule has 0 aliphatic heterocycles. The molecule has 6 nitrogen and oxygen atoms in total. The molecule has 0 aliphatic rings. The molecule has 3 aromatic rings. The van der Waals surface area contributed by atoms with Gasteiger partial charge in [0.2, 0.25) is 0 Å². The third-order valence-electron chi connectivity index (χ3n) is 5.43. The zero-order valence-corrected chi connectivity index (χ0v) is 20.6. The lowest BCUT2D eigenvalue weighted by Gasteiger charge is -2.25. The molecular formula is C28H28F3NO5. The Morgan fingerprint density at radius 3 is 2.22 bits per heavy atom. The number of halogens is 3. The molecule has 9 heteroatoms. The molecule has 0 atom stereocenters. The third-order valence-corrected chi connectivity index (χ3v) is 5.43. The van der Waals surface area contributed by atoms with Gasteiger partial charge >= 0.3 is 18.2 Å². The van der Waals surface area contributed by atoms with E-state index in [9.17, 15) is 22.8 Å². The van der Waals surface area contributed by atoms with E-state index in [1.165, 1.54) is 29.2 Å². The van der Waals surface area contributed by atoms with Gasteiger partial charge in [0.05, 0.1) is 19.4 Å². The van der Waals surface area contributed by atoms with Crippen LogP contribution in [0.5, 0.6) is 11.5 Å². The van der Waals surface area contributed by atoms with Crippen LogP contribution < -0.4 is 14.4 Å². The van der Waals surface area contributed by atoms with Crippen LogP contribution in [-0.2, 0) is 20.7 Å². The van der Waals surface area contributed by atoms with Crippen LogP contribution in [-0.4, -0.2) is 38.5 Å². The van der Waals surface area contributed by atoms with Gasteiger partial charge in [-0.3, -0.25) is 4.79 Å². The summed E-state index contributed by atoms with van der Waals surface area (Å²) in [6.45, 7) is 2.62. The predicted molar refractivity (Wildman–Crippen MR) is 133 cm³/mol. The maximum Gasteiger partial charge on any atom is 0.573 e. The van der Waals surface area contributed by atoms with E-state index in [0.717, 1.165) is 19.1 Å². The van der Waals surface area contributed by atoms with E-state index in [4.69, 9.17) is 4.74 Å². The smallest absolute Gasteiger partial charge is 0.494 e. The minimum Gasteiger partial charge on any atom is -0.494 e. The van der Waals surface area contributed by atoms with Crippen LogP contribution in [0.2, 0.25) is 0 Å². The van der Waals surface area contributed by atoms with Crippen molar-refractivity contribution in [3.05, 3.63) is 78.4 Å². The van der Waals surface area contributed by atoms with Gasteiger partial charge in [-0.1, -0.05) is 49.4 Å². The Kier molecular flexibility index (Phi) is 9.54. The van der Waals surface area contributed by atoms with Crippen molar-refractivity contribution < 1.29 is 37.0 Å². The average molecular weight is 516 g/mol. The number of ether oxygens (including phenoxy) is 3. The van der Waals surface area contributed by atoms with Crippen molar-refractivity contribution in [1.29, 1.82) is 0 Å². The number of rotatable bonds is 10. The maximum absolute atomic E-state index is 13.0. The van der Waals surface area contributed by atoms with Crippen molar-refractivity contribution in [2.45, 2.75) is 32.5 Å². The molecule has 0 heterocycles. The summed E-state index contributed by atoms with van der Waals surface area (Å²) in [5.74, 6) is -1.73. The molecule has 0 spiro atoms. The summed E-state index contributed by atoms with van der Waals surface area (Å²) in [5.41, 5.74) is 2.50. The van der Waals surface area contributed by atoms with Crippen molar-refractivity contribution in [1.82, 2.24) is 0 Å². The van der Waals surface area contributed by atoms with Crippen molar-refractivity contribution in [2.24, 2.45) is 0 Å². The number of benzene rings is 3. The second-order valence-corrected chi connectivity index (χ2v) is 8.14. The second-order valence-electron chi connectivity index (χ2n) is 8.14. The third kappa shape index (κ3) is 7.99. The van der Waals surface area contributed by atoms with Crippen LogP contribution >= 0.6 is 0 Å².